The maximum Gasteiger partial charge on any atom is 0.105 e. The summed E-state index contributed by atoms with van der Waals surface area (Å²) in [6.07, 6.45) is 0.954. The molecule has 0 fully saturated rings. The topological polar surface area (TPSA) is 38.4 Å². The lowest BCUT2D eigenvalue weighted by Gasteiger charge is -2.18. The highest BCUT2D eigenvalue weighted by molar-refractivity contribution is 9.10. The molecule has 1 aromatic rings. The number of amidine groups is 1. The first kappa shape index (κ1) is 13.2. The molecular formula is C13H19BrN2. The fourth-order valence-corrected chi connectivity index (χ4v) is 1.65. The molecule has 16 heavy (non-hydrogen) atoms. The SMILES string of the molecule is CCc1cc(Br)ccc1N=C(N)C(C)(C)C. The predicted octanol–water partition coefficient (Wildman–Crippen LogP) is 4.05. The van der Waals surface area contributed by atoms with Gasteiger partial charge in [0.25, 0.3) is 0 Å². The van der Waals surface area contributed by atoms with Crippen molar-refractivity contribution in [3.05, 3.63) is 28.2 Å². The summed E-state index contributed by atoms with van der Waals surface area (Å²) in [5.74, 6) is 0.671. The second-order valence-corrected chi connectivity index (χ2v) is 5.79. The normalized spacial score (nSPS) is 12.9. The van der Waals surface area contributed by atoms with E-state index >= 15 is 0 Å². The molecule has 0 unspecified atom stereocenters. The zero-order valence-electron chi connectivity index (χ0n) is 10.3. The van der Waals surface area contributed by atoms with E-state index in [1.807, 2.05) is 12.1 Å². The molecule has 0 aromatic heterocycles. The van der Waals surface area contributed by atoms with E-state index < -0.39 is 0 Å². The van der Waals surface area contributed by atoms with Crippen LogP contribution in [0.4, 0.5) is 5.69 Å². The monoisotopic (exact) mass is 282 g/mol. The molecule has 1 rings (SSSR count). The van der Waals surface area contributed by atoms with Gasteiger partial charge in [-0.3, -0.25) is 0 Å². The van der Waals surface area contributed by atoms with Crippen LogP contribution in [0.2, 0.25) is 0 Å². The minimum absolute atomic E-state index is 0.0852. The van der Waals surface area contributed by atoms with Gasteiger partial charge in [-0.05, 0) is 30.2 Å². The van der Waals surface area contributed by atoms with Crippen LogP contribution in [-0.4, -0.2) is 5.84 Å². The van der Waals surface area contributed by atoms with E-state index in [0.29, 0.717) is 5.84 Å². The summed E-state index contributed by atoms with van der Waals surface area (Å²) >= 11 is 3.46. The number of nitrogens with two attached hydrogens (primary N) is 1. The van der Waals surface area contributed by atoms with Gasteiger partial charge in [-0.15, -0.1) is 0 Å². The molecule has 0 saturated heterocycles. The Bertz CT molecular complexity index is 403. The average molecular weight is 283 g/mol. The zero-order chi connectivity index (χ0) is 12.3. The second kappa shape index (κ2) is 5.00. The predicted molar refractivity (Wildman–Crippen MR) is 74.3 cm³/mol. The summed E-state index contributed by atoms with van der Waals surface area (Å²) < 4.78 is 1.08. The summed E-state index contributed by atoms with van der Waals surface area (Å²) in [5.41, 5.74) is 8.08. The molecule has 0 amide bonds. The van der Waals surface area contributed by atoms with Crippen molar-refractivity contribution in [1.82, 2.24) is 0 Å². The summed E-state index contributed by atoms with van der Waals surface area (Å²) in [4.78, 5) is 4.52. The van der Waals surface area contributed by atoms with Crippen molar-refractivity contribution in [2.24, 2.45) is 16.1 Å². The lowest BCUT2D eigenvalue weighted by molar-refractivity contribution is 0.585. The molecule has 2 N–H and O–H groups in total. The lowest BCUT2D eigenvalue weighted by Crippen LogP contribution is -2.28. The van der Waals surface area contributed by atoms with Crippen molar-refractivity contribution < 1.29 is 0 Å². The molecule has 0 aliphatic rings. The number of hydrogen-bond donors (Lipinski definition) is 1. The first-order chi connectivity index (χ1) is 7.34. The quantitative estimate of drug-likeness (QED) is 0.645. The number of hydrogen-bond acceptors (Lipinski definition) is 1. The summed E-state index contributed by atoms with van der Waals surface area (Å²) in [6.45, 7) is 8.32. The second-order valence-electron chi connectivity index (χ2n) is 4.87. The van der Waals surface area contributed by atoms with Crippen molar-refractivity contribution in [3.63, 3.8) is 0 Å². The highest BCUT2D eigenvalue weighted by atomic mass is 79.9. The molecular weight excluding hydrogens is 264 g/mol. The van der Waals surface area contributed by atoms with Crippen molar-refractivity contribution in [1.29, 1.82) is 0 Å². The first-order valence-electron chi connectivity index (χ1n) is 5.47. The molecule has 2 nitrogen and oxygen atoms in total. The molecule has 0 aliphatic carbocycles. The van der Waals surface area contributed by atoms with Crippen molar-refractivity contribution >= 4 is 27.5 Å². The van der Waals surface area contributed by atoms with Crippen LogP contribution >= 0.6 is 15.9 Å². The molecule has 0 atom stereocenters. The van der Waals surface area contributed by atoms with E-state index in [9.17, 15) is 0 Å². The third-order valence-corrected chi connectivity index (χ3v) is 2.93. The molecule has 0 bridgehead atoms. The molecule has 0 saturated carbocycles. The maximum absolute atomic E-state index is 5.98. The molecule has 0 heterocycles. The summed E-state index contributed by atoms with van der Waals surface area (Å²) in [5, 5.41) is 0. The van der Waals surface area contributed by atoms with Crippen LogP contribution in [0, 0.1) is 5.41 Å². The van der Waals surface area contributed by atoms with Gasteiger partial charge in [0.15, 0.2) is 0 Å². The van der Waals surface area contributed by atoms with Crippen LogP contribution in [0.3, 0.4) is 0 Å². The number of halogens is 1. The van der Waals surface area contributed by atoms with Gasteiger partial charge in [0.05, 0.1) is 5.69 Å². The van der Waals surface area contributed by atoms with E-state index in [0.717, 1.165) is 16.6 Å². The fourth-order valence-electron chi connectivity index (χ4n) is 1.24. The Morgan fingerprint density at radius 1 is 1.38 bits per heavy atom. The van der Waals surface area contributed by atoms with Crippen molar-refractivity contribution in [2.45, 2.75) is 34.1 Å². The highest BCUT2D eigenvalue weighted by Crippen LogP contribution is 2.26. The standard InChI is InChI=1S/C13H19BrN2/c1-5-9-8-10(14)6-7-11(9)16-12(15)13(2,3)4/h6-8H,5H2,1-4H3,(H2,15,16). The molecule has 0 aliphatic heterocycles. The molecule has 0 radical (unpaired) electrons. The Balaban J connectivity index is 3.15. The summed E-state index contributed by atoms with van der Waals surface area (Å²) in [7, 11) is 0. The van der Waals surface area contributed by atoms with Crippen molar-refractivity contribution in [2.75, 3.05) is 0 Å². The summed E-state index contributed by atoms with van der Waals surface area (Å²) in [6, 6.07) is 6.09. The van der Waals surface area contributed by atoms with Gasteiger partial charge in [0.1, 0.15) is 5.84 Å². The lowest BCUT2D eigenvalue weighted by atomic mass is 9.95. The van der Waals surface area contributed by atoms with Crippen LogP contribution in [0.5, 0.6) is 0 Å². The zero-order valence-corrected chi connectivity index (χ0v) is 11.9. The van der Waals surface area contributed by atoms with Gasteiger partial charge in [-0.1, -0.05) is 43.6 Å². The number of benzene rings is 1. The van der Waals surface area contributed by atoms with Crippen LogP contribution in [-0.2, 0) is 6.42 Å². The Morgan fingerprint density at radius 2 is 2.00 bits per heavy atom. The molecule has 1 aromatic carbocycles. The van der Waals surface area contributed by atoms with Crippen molar-refractivity contribution in [3.8, 4) is 0 Å². The van der Waals surface area contributed by atoms with Gasteiger partial charge in [-0.2, -0.15) is 0 Å². The Labute approximate surface area is 106 Å². The van der Waals surface area contributed by atoms with Crippen LogP contribution < -0.4 is 5.73 Å². The maximum atomic E-state index is 5.98. The van der Waals surface area contributed by atoms with E-state index in [1.54, 1.807) is 0 Å². The Kier molecular flexibility index (Phi) is 4.14. The minimum Gasteiger partial charge on any atom is -0.387 e. The minimum atomic E-state index is -0.0852. The van der Waals surface area contributed by atoms with E-state index in [4.69, 9.17) is 5.73 Å². The molecule has 88 valence electrons. The number of aryl methyl sites for hydroxylation is 1. The Hall–Kier alpha value is -0.830. The van der Waals surface area contributed by atoms with E-state index in [1.165, 1.54) is 5.56 Å². The number of nitrogens with zero attached hydrogens (tertiary/aromatic N) is 1. The largest absolute Gasteiger partial charge is 0.387 e. The third kappa shape index (κ3) is 3.34. The van der Waals surface area contributed by atoms with Crippen LogP contribution in [0.1, 0.15) is 33.3 Å². The first-order valence-corrected chi connectivity index (χ1v) is 6.27. The van der Waals surface area contributed by atoms with Gasteiger partial charge in [-0.25, -0.2) is 4.99 Å². The van der Waals surface area contributed by atoms with Gasteiger partial charge in [0.2, 0.25) is 0 Å². The average Bonchev–Trinajstić information content (AvgIpc) is 2.19. The van der Waals surface area contributed by atoms with E-state index in [2.05, 4.69) is 54.7 Å². The molecule has 0 spiro atoms. The fraction of sp³-hybridized carbons (Fsp3) is 0.462. The number of rotatable bonds is 2. The Morgan fingerprint density at radius 3 is 2.50 bits per heavy atom. The van der Waals surface area contributed by atoms with Crippen LogP contribution in [0.25, 0.3) is 0 Å². The molecule has 3 heteroatoms. The van der Waals surface area contributed by atoms with Gasteiger partial charge >= 0.3 is 0 Å². The van der Waals surface area contributed by atoms with Gasteiger partial charge in [0, 0.05) is 9.89 Å². The van der Waals surface area contributed by atoms with Gasteiger partial charge < -0.3 is 5.73 Å². The van der Waals surface area contributed by atoms with Crippen LogP contribution in [0.15, 0.2) is 27.7 Å². The van der Waals surface area contributed by atoms with E-state index in [-0.39, 0.29) is 5.41 Å². The third-order valence-electron chi connectivity index (χ3n) is 2.43. The highest BCUT2D eigenvalue weighted by Gasteiger charge is 2.15. The number of aliphatic imine (C=N–C) groups is 1. The smallest absolute Gasteiger partial charge is 0.105 e.